The normalized spacial score (nSPS) is 20.1. The number of hydrogen-bond donors (Lipinski definition) is 1. The molecule has 0 bridgehead atoms. The number of halogens is 4. The van der Waals surface area contributed by atoms with Gasteiger partial charge in [-0.05, 0) is 65.1 Å². The fraction of sp³-hybridized carbons (Fsp3) is 0.389. The van der Waals surface area contributed by atoms with Crippen LogP contribution in [-0.2, 0) is 11.0 Å². The smallest absolute Gasteiger partial charge is 0.416 e. The molecule has 0 aliphatic carbocycles. The van der Waals surface area contributed by atoms with E-state index in [1.165, 1.54) is 23.5 Å². The van der Waals surface area contributed by atoms with Gasteiger partial charge in [0.25, 0.3) is 0 Å². The summed E-state index contributed by atoms with van der Waals surface area (Å²) in [6, 6.07) is 8.66. The molecule has 2 atom stereocenters. The molecule has 0 amide bonds. The lowest BCUT2D eigenvalue weighted by Gasteiger charge is -2.37. The van der Waals surface area contributed by atoms with Gasteiger partial charge in [-0.3, -0.25) is 9.69 Å². The third-order valence-corrected chi connectivity index (χ3v) is 6.24. The summed E-state index contributed by atoms with van der Waals surface area (Å²) in [5, 5.41) is 9.35. The van der Waals surface area contributed by atoms with E-state index in [9.17, 15) is 23.1 Å². The molecular weight excluding hydrogens is 431 g/mol. The second-order valence-electron chi connectivity index (χ2n) is 6.34. The van der Waals surface area contributed by atoms with Crippen LogP contribution in [0.25, 0.3) is 0 Å². The third-order valence-electron chi connectivity index (χ3n) is 4.56. The van der Waals surface area contributed by atoms with E-state index in [0.717, 1.165) is 14.7 Å². The van der Waals surface area contributed by atoms with Crippen molar-refractivity contribution in [1.82, 2.24) is 4.90 Å². The molecule has 1 aromatic carbocycles. The Labute approximate surface area is 161 Å². The van der Waals surface area contributed by atoms with Gasteiger partial charge in [0.15, 0.2) is 0 Å². The van der Waals surface area contributed by atoms with Crippen molar-refractivity contribution < 1.29 is 23.1 Å². The van der Waals surface area contributed by atoms with E-state index >= 15 is 0 Å². The van der Waals surface area contributed by atoms with Gasteiger partial charge in [0.1, 0.15) is 0 Å². The molecule has 1 aromatic heterocycles. The molecule has 2 heterocycles. The first-order valence-electron chi connectivity index (χ1n) is 8.15. The Morgan fingerprint density at radius 1 is 1.31 bits per heavy atom. The van der Waals surface area contributed by atoms with Crippen molar-refractivity contribution in [2.24, 2.45) is 5.92 Å². The van der Waals surface area contributed by atoms with Crippen LogP contribution in [0.2, 0.25) is 0 Å². The van der Waals surface area contributed by atoms with Crippen molar-refractivity contribution in [1.29, 1.82) is 0 Å². The number of carbonyl (C=O) groups is 1. The molecule has 140 valence electrons. The molecule has 1 fully saturated rings. The fourth-order valence-electron chi connectivity index (χ4n) is 3.36. The zero-order valence-corrected chi connectivity index (χ0v) is 16.1. The molecule has 1 N–H and O–H groups in total. The van der Waals surface area contributed by atoms with Crippen LogP contribution < -0.4 is 0 Å². The summed E-state index contributed by atoms with van der Waals surface area (Å²) < 4.78 is 40.3. The first kappa shape index (κ1) is 19.4. The number of rotatable bonds is 4. The average Bonchev–Trinajstić information content (AvgIpc) is 3.01. The minimum absolute atomic E-state index is 0.325. The van der Waals surface area contributed by atoms with Crippen LogP contribution >= 0.6 is 27.3 Å². The van der Waals surface area contributed by atoms with Crippen LogP contribution in [0.1, 0.15) is 34.9 Å². The van der Waals surface area contributed by atoms with Crippen molar-refractivity contribution in [3.63, 3.8) is 0 Å². The van der Waals surface area contributed by atoms with Gasteiger partial charge in [-0.2, -0.15) is 13.2 Å². The van der Waals surface area contributed by atoms with Gasteiger partial charge in [-0.1, -0.05) is 12.1 Å². The summed E-state index contributed by atoms with van der Waals surface area (Å²) in [5.41, 5.74) is -0.164. The molecule has 1 aliphatic rings. The van der Waals surface area contributed by atoms with E-state index in [0.29, 0.717) is 31.5 Å². The molecule has 2 aromatic rings. The summed E-state index contributed by atoms with van der Waals surface area (Å²) in [7, 11) is 0. The number of benzene rings is 1. The van der Waals surface area contributed by atoms with Crippen molar-refractivity contribution >= 4 is 33.2 Å². The van der Waals surface area contributed by atoms with Crippen molar-refractivity contribution in [2.45, 2.75) is 25.1 Å². The highest BCUT2D eigenvalue weighted by Gasteiger charge is 2.34. The molecule has 2 unspecified atom stereocenters. The van der Waals surface area contributed by atoms with Gasteiger partial charge in [-0.25, -0.2) is 0 Å². The van der Waals surface area contributed by atoms with Gasteiger partial charge in [0.2, 0.25) is 0 Å². The zero-order chi connectivity index (χ0) is 18.9. The molecule has 3 rings (SSSR count). The van der Waals surface area contributed by atoms with Crippen molar-refractivity contribution in [3.05, 3.63) is 56.2 Å². The topological polar surface area (TPSA) is 40.5 Å². The summed E-state index contributed by atoms with van der Waals surface area (Å²) in [4.78, 5) is 14.3. The molecule has 0 saturated carbocycles. The van der Waals surface area contributed by atoms with E-state index in [4.69, 9.17) is 0 Å². The Morgan fingerprint density at radius 3 is 2.69 bits per heavy atom. The highest BCUT2D eigenvalue weighted by atomic mass is 79.9. The molecule has 1 saturated heterocycles. The number of carboxylic acid groups (broad SMARTS) is 1. The lowest BCUT2D eigenvalue weighted by molar-refractivity contribution is -0.143. The van der Waals surface area contributed by atoms with E-state index in [2.05, 4.69) is 15.9 Å². The van der Waals surface area contributed by atoms with Crippen molar-refractivity contribution in [2.75, 3.05) is 13.1 Å². The van der Waals surface area contributed by atoms with Crippen LogP contribution in [0.15, 0.2) is 40.2 Å². The summed E-state index contributed by atoms with van der Waals surface area (Å²) >= 11 is 4.86. The minimum Gasteiger partial charge on any atom is -0.481 e. The van der Waals surface area contributed by atoms with Crippen LogP contribution in [-0.4, -0.2) is 29.1 Å². The minimum atomic E-state index is -4.41. The van der Waals surface area contributed by atoms with E-state index in [-0.39, 0.29) is 0 Å². The molecule has 1 aliphatic heterocycles. The quantitative estimate of drug-likeness (QED) is 0.680. The van der Waals surface area contributed by atoms with Crippen LogP contribution in [0, 0.1) is 5.92 Å². The van der Waals surface area contributed by atoms with Crippen LogP contribution in [0.4, 0.5) is 13.2 Å². The number of hydrogen-bond acceptors (Lipinski definition) is 3. The van der Waals surface area contributed by atoms with Gasteiger partial charge < -0.3 is 5.11 Å². The number of aliphatic carboxylic acids is 1. The fourth-order valence-corrected chi connectivity index (χ4v) is 4.94. The van der Waals surface area contributed by atoms with E-state index in [1.54, 1.807) is 6.07 Å². The van der Waals surface area contributed by atoms with E-state index < -0.39 is 29.7 Å². The Bertz CT molecular complexity index is 793. The first-order valence-corrected chi connectivity index (χ1v) is 9.76. The molecule has 0 radical (unpaired) electrons. The summed E-state index contributed by atoms with van der Waals surface area (Å²) in [5.74, 6) is -1.36. The number of alkyl halides is 3. The number of likely N-dealkylation sites (tertiary alicyclic amines) is 1. The zero-order valence-electron chi connectivity index (χ0n) is 13.7. The Kier molecular flexibility index (Phi) is 5.74. The Hall–Kier alpha value is -1.38. The van der Waals surface area contributed by atoms with Gasteiger partial charge in [0, 0.05) is 11.4 Å². The lowest BCUT2D eigenvalue weighted by atomic mass is 9.93. The van der Waals surface area contributed by atoms with Crippen molar-refractivity contribution in [3.8, 4) is 0 Å². The maximum Gasteiger partial charge on any atom is 0.416 e. The highest BCUT2D eigenvalue weighted by molar-refractivity contribution is 9.11. The monoisotopic (exact) mass is 447 g/mol. The van der Waals surface area contributed by atoms with Gasteiger partial charge in [0.05, 0.1) is 21.3 Å². The SMILES string of the molecule is O=C(O)C1CCCN(C(c2cccc(C(F)(F)F)c2)c2ccc(Br)s2)C1. The molecule has 3 nitrogen and oxygen atoms in total. The maximum absolute atomic E-state index is 13.2. The van der Waals surface area contributed by atoms with E-state index in [1.807, 2.05) is 17.0 Å². The average molecular weight is 448 g/mol. The largest absolute Gasteiger partial charge is 0.481 e. The maximum atomic E-state index is 13.2. The molecule has 0 spiro atoms. The number of piperidine rings is 1. The Balaban J connectivity index is 2.01. The third kappa shape index (κ3) is 4.29. The highest BCUT2D eigenvalue weighted by Crippen LogP contribution is 2.39. The second-order valence-corrected chi connectivity index (χ2v) is 8.83. The predicted octanol–water partition coefficient (Wildman–Crippen LogP) is 5.42. The predicted molar refractivity (Wildman–Crippen MR) is 97.2 cm³/mol. The second kappa shape index (κ2) is 7.70. The van der Waals surface area contributed by atoms with Crippen LogP contribution in [0.3, 0.4) is 0 Å². The summed E-state index contributed by atoms with van der Waals surface area (Å²) in [6.45, 7) is 0.978. The van der Waals surface area contributed by atoms with Crippen LogP contribution in [0.5, 0.6) is 0 Å². The molecular formula is C18H17BrF3NO2S. The lowest BCUT2D eigenvalue weighted by Crippen LogP contribution is -2.41. The molecule has 26 heavy (non-hydrogen) atoms. The molecule has 8 heteroatoms. The number of thiophene rings is 1. The Morgan fingerprint density at radius 2 is 2.08 bits per heavy atom. The first-order chi connectivity index (χ1) is 12.3. The standard InChI is InChI=1S/C18H17BrF3NO2S/c19-15-7-6-14(26-15)16(23-8-2-4-12(10-23)17(24)25)11-3-1-5-13(9-11)18(20,21)22/h1,3,5-7,9,12,16H,2,4,8,10H2,(H,24,25). The summed E-state index contributed by atoms with van der Waals surface area (Å²) in [6.07, 6.45) is -3.11. The van der Waals surface area contributed by atoms with Gasteiger partial charge in [-0.15, -0.1) is 11.3 Å². The number of carboxylic acids is 1. The van der Waals surface area contributed by atoms with Gasteiger partial charge >= 0.3 is 12.1 Å². The number of nitrogens with zero attached hydrogens (tertiary/aromatic N) is 1.